The second kappa shape index (κ2) is 4.84. The van der Waals surface area contributed by atoms with E-state index in [1.54, 1.807) is 6.08 Å². The summed E-state index contributed by atoms with van der Waals surface area (Å²) in [5, 5.41) is 0. The van der Waals surface area contributed by atoms with E-state index in [4.69, 9.17) is 11.2 Å². The molecule has 0 N–H and O–H groups in total. The molecule has 0 spiro atoms. The predicted octanol–water partition coefficient (Wildman–Crippen LogP) is 2.32. The molecule has 0 aromatic rings. The third kappa shape index (κ3) is 2.50. The number of hydrogen-bond donors (Lipinski definition) is 0. The Hall–Kier alpha value is -1.49. The molecule has 1 saturated heterocycles. The first-order valence-electron chi connectivity index (χ1n) is 5.07. The van der Waals surface area contributed by atoms with Crippen molar-refractivity contribution in [3.05, 3.63) is 24.8 Å². The van der Waals surface area contributed by atoms with Gasteiger partial charge in [0.2, 0.25) is 0 Å². The molecule has 0 saturated carbocycles. The molecule has 2 unspecified atom stereocenters. The normalized spacial score (nSPS) is 26.9. The van der Waals surface area contributed by atoms with Gasteiger partial charge in [-0.15, -0.1) is 18.9 Å². The maximum Gasteiger partial charge on any atom is 0.334 e. The van der Waals surface area contributed by atoms with Gasteiger partial charge in [0.05, 0.1) is 0 Å². The SMILES string of the molecule is C#C[C@@H](C)CC1OC(=O)C(=C)C1CC=C. The van der Waals surface area contributed by atoms with Crippen LogP contribution in [0.1, 0.15) is 19.8 Å². The zero-order chi connectivity index (χ0) is 11.4. The molecule has 1 aliphatic rings. The van der Waals surface area contributed by atoms with E-state index in [1.165, 1.54) is 0 Å². The van der Waals surface area contributed by atoms with Crippen molar-refractivity contribution >= 4 is 5.97 Å². The minimum atomic E-state index is -0.295. The highest BCUT2D eigenvalue weighted by atomic mass is 16.6. The summed E-state index contributed by atoms with van der Waals surface area (Å²) in [6.07, 6.45) is 8.37. The molecule has 0 bridgehead atoms. The highest BCUT2D eigenvalue weighted by molar-refractivity contribution is 5.90. The van der Waals surface area contributed by atoms with Crippen LogP contribution in [0.15, 0.2) is 24.8 Å². The van der Waals surface area contributed by atoms with E-state index in [1.807, 2.05) is 6.92 Å². The average molecular weight is 204 g/mol. The van der Waals surface area contributed by atoms with Crippen LogP contribution >= 0.6 is 0 Å². The molecule has 80 valence electrons. The molecule has 2 heteroatoms. The van der Waals surface area contributed by atoms with Crippen molar-refractivity contribution in [2.24, 2.45) is 11.8 Å². The van der Waals surface area contributed by atoms with Gasteiger partial charge < -0.3 is 4.74 Å². The Labute approximate surface area is 91.0 Å². The summed E-state index contributed by atoms with van der Waals surface area (Å²) in [6.45, 7) is 9.36. The van der Waals surface area contributed by atoms with Gasteiger partial charge in [-0.1, -0.05) is 19.6 Å². The third-order valence-corrected chi connectivity index (χ3v) is 2.71. The Kier molecular flexibility index (Phi) is 3.74. The van der Waals surface area contributed by atoms with Crippen LogP contribution in [0.3, 0.4) is 0 Å². The van der Waals surface area contributed by atoms with Gasteiger partial charge in [0, 0.05) is 17.4 Å². The van der Waals surface area contributed by atoms with Crippen LogP contribution in [-0.4, -0.2) is 12.1 Å². The number of cyclic esters (lactones) is 1. The molecule has 1 aliphatic heterocycles. The monoisotopic (exact) mass is 204 g/mol. The van der Waals surface area contributed by atoms with Crippen LogP contribution in [0.5, 0.6) is 0 Å². The summed E-state index contributed by atoms with van der Waals surface area (Å²) in [6, 6.07) is 0. The fraction of sp³-hybridized carbons (Fsp3) is 0.462. The molecule has 0 aromatic carbocycles. The van der Waals surface area contributed by atoms with Crippen LogP contribution in [0, 0.1) is 24.2 Å². The fourth-order valence-electron chi connectivity index (χ4n) is 1.77. The molecular weight excluding hydrogens is 188 g/mol. The number of hydrogen-bond acceptors (Lipinski definition) is 2. The number of allylic oxidation sites excluding steroid dienone is 1. The van der Waals surface area contributed by atoms with Crippen molar-refractivity contribution in [1.29, 1.82) is 0 Å². The first-order valence-corrected chi connectivity index (χ1v) is 5.07. The minimum absolute atomic E-state index is 0.0470. The summed E-state index contributed by atoms with van der Waals surface area (Å²) >= 11 is 0. The van der Waals surface area contributed by atoms with Gasteiger partial charge >= 0.3 is 5.97 Å². The van der Waals surface area contributed by atoms with Crippen LogP contribution in [0.25, 0.3) is 0 Å². The van der Waals surface area contributed by atoms with Gasteiger partial charge in [-0.05, 0) is 12.8 Å². The van der Waals surface area contributed by atoms with Gasteiger partial charge in [0.1, 0.15) is 6.10 Å². The molecule has 2 nitrogen and oxygen atoms in total. The molecule has 0 aliphatic carbocycles. The molecule has 0 radical (unpaired) electrons. The van der Waals surface area contributed by atoms with Gasteiger partial charge in [-0.3, -0.25) is 0 Å². The van der Waals surface area contributed by atoms with Gasteiger partial charge in [-0.2, -0.15) is 0 Å². The second-order valence-electron chi connectivity index (χ2n) is 3.90. The van der Waals surface area contributed by atoms with Crippen molar-refractivity contribution in [2.45, 2.75) is 25.9 Å². The maximum absolute atomic E-state index is 11.3. The van der Waals surface area contributed by atoms with E-state index >= 15 is 0 Å². The largest absolute Gasteiger partial charge is 0.458 e. The first-order chi connectivity index (χ1) is 7.10. The van der Waals surface area contributed by atoms with Crippen molar-refractivity contribution in [1.82, 2.24) is 0 Å². The number of rotatable bonds is 4. The van der Waals surface area contributed by atoms with Gasteiger partial charge in [-0.25, -0.2) is 4.79 Å². The standard InChI is InChI=1S/C13H16O2/c1-5-7-11-10(4)13(14)15-12(11)8-9(3)6-2/h2,5,9,11-12H,1,4,7-8H2,3H3/t9-,11?,12?/m1/s1. The van der Waals surface area contributed by atoms with E-state index < -0.39 is 0 Å². The zero-order valence-electron chi connectivity index (χ0n) is 9.03. The number of esters is 1. The lowest BCUT2D eigenvalue weighted by atomic mass is 9.89. The molecule has 1 fully saturated rings. The maximum atomic E-state index is 11.3. The molecular formula is C13H16O2. The molecule has 15 heavy (non-hydrogen) atoms. The number of carbonyl (C=O) groups excluding carboxylic acids is 1. The van der Waals surface area contributed by atoms with Crippen LogP contribution in [0.2, 0.25) is 0 Å². The van der Waals surface area contributed by atoms with Crippen LogP contribution in [-0.2, 0) is 9.53 Å². The zero-order valence-corrected chi connectivity index (χ0v) is 9.03. The van der Waals surface area contributed by atoms with E-state index in [0.717, 1.165) is 0 Å². The van der Waals surface area contributed by atoms with E-state index in [-0.39, 0.29) is 23.9 Å². The predicted molar refractivity (Wildman–Crippen MR) is 59.9 cm³/mol. The topological polar surface area (TPSA) is 26.3 Å². The second-order valence-corrected chi connectivity index (χ2v) is 3.90. The average Bonchev–Trinajstić information content (AvgIpc) is 2.46. The Morgan fingerprint density at radius 3 is 2.93 bits per heavy atom. The summed E-state index contributed by atoms with van der Waals surface area (Å²) in [4.78, 5) is 11.3. The van der Waals surface area contributed by atoms with Crippen molar-refractivity contribution in [3.8, 4) is 12.3 Å². The van der Waals surface area contributed by atoms with Crippen LogP contribution < -0.4 is 0 Å². The minimum Gasteiger partial charge on any atom is -0.458 e. The lowest BCUT2D eigenvalue weighted by molar-refractivity contribution is -0.139. The van der Waals surface area contributed by atoms with Crippen LogP contribution in [0.4, 0.5) is 0 Å². The van der Waals surface area contributed by atoms with Gasteiger partial charge in [0.25, 0.3) is 0 Å². The first kappa shape index (κ1) is 11.6. The Morgan fingerprint density at radius 1 is 1.73 bits per heavy atom. The molecule has 0 aromatic heterocycles. The lowest BCUT2D eigenvalue weighted by Crippen LogP contribution is -2.18. The molecule has 0 amide bonds. The smallest absolute Gasteiger partial charge is 0.334 e. The molecule has 3 atom stereocenters. The van der Waals surface area contributed by atoms with E-state index in [2.05, 4.69) is 19.1 Å². The third-order valence-electron chi connectivity index (χ3n) is 2.71. The lowest BCUT2D eigenvalue weighted by Gasteiger charge is -2.17. The number of terminal acetylenes is 1. The van der Waals surface area contributed by atoms with E-state index in [0.29, 0.717) is 18.4 Å². The summed E-state index contributed by atoms with van der Waals surface area (Å²) in [5.74, 6) is 2.50. The highest BCUT2D eigenvalue weighted by Gasteiger charge is 2.37. The van der Waals surface area contributed by atoms with Gasteiger partial charge in [0.15, 0.2) is 0 Å². The Morgan fingerprint density at radius 2 is 2.40 bits per heavy atom. The number of carbonyl (C=O) groups is 1. The van der Waals surface area contributed by atoms with Crippen molar-refractivity contribution in [3.63, 3.8) is 0 Å². The fourth-order valence-corrected chi connectivity index (χ4v) is 1.77. The van der Waals surface area contributed by atoms with Crippen molar-refractivity contribution in [2.75, 3.05) is 0 Å². The summed E-state index contributed by atoms with van der Waals surface area (Å²) < 4.78 is 5.23. The quantitative estimate of drug-likeness (QED) is 0.304. The molecule has 1 heterocycles. The Balaban J connectivity index is 2.71. The van der Waals surface area contributed by atoms with Crippen molar-refractivity contribution < 1.29 is 9.53 Å². The van der Waals surface area contributed by atoms with E-state index in [9.17, 15) is 4.79 Å². The Bertz CT molecular complexity index is 322. The summed E-state index contributed by atoms with van der Waals surface area (Å²) in [7, 11) is 0. The molecule has 1 rings (SSSR count). The number of ether oxygens (including phenoxy) is 1. The summed E-state index contributed by atoms with van der Waals surface area (Å²) in [5.41, 5.74) is 0.545. The highest BCUT2D eigenvalue weighted by Crippen LogP contribution is 2.33.